The van der Waals surface area contributed by atoms with Crippen LogP contribution in [-0.2, 0) is 16.3 Å². The number of aryl methyl sites for hydroxylation is 1. The van der Waals surface area contributed by atoms with Crippen molar-refractivity contribution >= 4 is 20.6 Å². The molecule has 0 N–H and O–H groups in total. The molecular formula is C19H15N3O3S. The third kappa shape index (κ3) is 3.21. The minimum atomic E-state index is -3.39. The van der Waals surface area contributed by atoms with Crippen LogP contribution < -0.4 is 0 Å². The number of benzene rings is 2. The van der Waals surface area contributed by atoms with Crippen LogP contribution in [0, 0.1) is 0 Å². The average Bonchev–Trinajstić information content (AvgIpc) is 3.16. The second-order valence-electron chi connectivity index (χ2n) is 5.78. The highest BCUT2D eigenvalue weighted by Crippen LogP contribution is 2.25. The van der Waals surface area contributed by atoms with Gasteiger partial charge in [-0.15, -0.1) is 0 Å². The second kappa shape index (κ2) is 6.68. The first-order valence-electron chi connectivity index (χ1n) is 8.08. The summed E-state index contributed by atoms with van der Waals surface area (Å²) in [5.74, 6) is 0.544. The molecule has 0 fully saturated rings. The van der Waals surface area contributed by atoms with Crippen molar-refractivity contribution in [2.75, 3.05) is 5.75 Å². The van der Waals surface area contributed by atoms with E-state index in [9.17, 15) is 8.42 Å². The van der Waals surface area contributed by atoms with Gasteiger partial charge in [-0.25, -0.2) is 8.42 Å². The van der Waals surface area contributed by atoms with Gasteiger partial charge < -0.3 is 4.52 Å². The molecule has 0 radical (unpaired) electrons. The van der Waals surface area contributed by atoms with Crippen molar-refractivity contribution in [2.24, 2.45) is 0 Å². The van der Waals surface area contributed by atoms with Crippen molar-refractivity contribution in [3.8, 4) is 11.6 Å². The lowest BCUT2D eigenvalue weighted by atomic mass is 10.1. The Labute approximate surface area is 150 Å². The van der Waals surface area contributed by atoms with Gasteiger partial charge in [0.25, 0.3) is 5.89 Å². The van der Waals surface area contributed by atoms with Gasteiger partial charge >= 0.3 is 0 Å². The molecule has 0 aliphatic carbocycles. The highest BCUT2D eigenvalue weighted by atomic mass is 32.2. The zero-order valence-corrected chi connectivity index (χ0v) is 14.6. The largest absolute Gasteiger partial charge is 0.332 e. The summed E-state index contributed by atoms with van der Waals surface area (Å²) in [6.45, 7) is 0. The Kier molecular flexibility index (Phi) is 4.22. The molecule has 0 aliphatic heterocycles. The summed E-state index contributed by atoms with van der Waals surface area (Å²) in [7, 11) is -3.39. The topological polar surface area (TPSA) is 86.0 Å². The Hall–Kier alpha value is -3.06. The van der Waals surface area contributed by atoms with Crippen LogP contribution in [0.25, 0.3) is 22.4 Å². The van der Waals surface area contributed by atoms with E-state index in [1.807, 2.05) is 30.3 Å². The third-order valence-corrected chi connectivity index (χ3v) is 5.77. The summed E-state index contributed by atoms with van der Waals surface area (Å²) in [4.78, 5) is 8.95. The molecule has 0 amide bonds. The van der Waals surface area contributed by atoms with Gasteiger partial charge in [0.15, 0.2) is 15.7 Å². The smallest absolute Gasteiger partial charge is 0.277 e. The molecule has 0 saturated heterocycles. The van der Waals surface area contributed by atoms with Gasteiger partial charge in [0.05, 0.1) is 10.6 Å². The molecule has 4 aromatic rings. The minimum absolute atomic E-state index is 0.0844. The first-order chi connectivity index (χ1) is 12.6. The van der Waals surface area contributed by atoms with Crippen LogP contribution in [0.1, 0.15) is 5.82 Å². The normalized spacial score (nSPS) is 11.7. The van der Waals surface area contributed by atoms with Gasteiger partial charge in [-0.1, -0.05) is 47.6 Å². The lowest BCUT2D eigenvalue weighted by Gasteiger charge is -2.02. The van der Waals surface area contributed by atoms with E-state index in [2.05, 4.69) is 15.1 Å². The van der Waals surface area contributed by atoms with Crippen molar-refractivity contribution in [3.05, 3.63) is 72.7 Å². The van der Waals surface area contributed by atoms with Crippen LogP contribution in [0.15, 0.2) is 76.3 Å². The lowest BCUT2D eigenvalue weighted by molar-refractivity contribution is 0.422. The molecule has 6 nitrogen and oxygen atoms in total. The zero-order chi connectivity index (χ0) is 18.0. The molecule has 2 aromatic heterocycles. The molecule has 0 unspecified atom stereocenters. The number of sulfone groups is 1. The van der Waals surface area contributed by atoms with E-state index >= 15 is 0 Å². The number of hydrogen-bond acceptors (Lipinski definition) is 6. The third-order valence-electron chi connectivity index (χ3n) is 4.04. The van der Waals surface area contributed by atoms with Crippen LogP contribution >= 0.6 is 0 Å². The molecule has 0 spiro atoms. The molecule has 4 rings (SSSR count). The van der Waals surface area contributed by atoms with E-state index in [4.69, 9.17) is 4.52 Å². The first kappa shape index (κ1) is 16.4. The number of hydrogen-bond donors (Lipinski definition) is 0. The molecule has 0 atom stereocenters. The van der Waals surface area contributed by atoms with Crippen molar-refractivity contribution in [1.82, 2.24) is 15.1 Å². The van der Waals surface area contributed by atoms with Gasteiger partial charge in [0.2, 0.25) is 0 Å². The van der Waals surface area contributed by atoms with Gasteiger partial charge in [-0.2, -0.15) is 4.98 Å². The number of fused-ring (bicyclic) bond motifs is 1. The fourth-order valence-electron chi connectivity index (χ4n) is 2.71. The first-order valence-corrected chi connectivity index (χ1v) is 9.73. The number of nitrogens with zero attached hydrogens (tertiary/aromatic N) is 3. The quantitative estimate of drug-likeness (QED) is 0.539. The Balaban J connectivity index is 1.57. The fourth-order valence-corrected chi connectivity index (χ4v) is 3.97. The summed E-state index contributed by atoms with van der Waals surface area (Å²) in [6, 6.07) is 18.0. The maximum atomic E-state index is 12.4. The highest BCUT2D eigenvalue weighted by molar-refractivity contribution is 7.91. The van der Waals surface area contributed by atoms with Gasteiger partial charge in [0.1, 0.15) is 5.69 Å². The van der Waals surface area contributed by atoms with E-state index in [0.717, 1.165) is 10.8 Å². The van der Waals surface area contributed by atoms with Gasteiger partial charge in [-0.05, 0) is 23.6 Å². The maximum absolute atomic E-state index is 12.4. The molecular weight excluding hydrogens is 350 g/mol. The van der Waals surface area contributed by atoms with Crippen LogP contribution in [-0.4, -0.2) is 29.3 Å². The Morgan fingerprint density at radius 2 is 1.69 bits per heavy atom. The fraction of sp³-hybridized carbons (Fsp3) is 0.105. The van der Waals surface area contributed by atoms with Gasteiger partial charge in [-0.3, -0.25) is 4.98 Å². The molecule has 2 aromatic carbocycles. The van der Waals surface area contributed by atoms with E-state index in [1.54, 1.807) is 36.5 Å². The predicted molar refractivity (Wildman–Crippen MR) is 97.2 cm³/mol. The standard InChI is InChI=1S/C19H15N3O3S/c23-26(24,15-7-2-1-3-8-15)13-11-17-21-19(25-22-17)18-16-9-5-4-6-14(16)10-12-20-18/h1-10,12H,11,13H2. The van der Waals surface area contributed by atoms with Crippen LogP contribution in [0.3, 0.4) is 0 Å². The minimum Gasteiger partial charge on any atom is -0.332 e. The molecule has 26 heavy (non-hydrogen) atoms. The van der Waals surface area contributed by atoms with Crippen molar-refractivity contribution in [1.29, 1.82) is 0 Å². The molecule has 2 heterocycles. The number of rotatable bonds is 5. The summed E-state index contributed by atoms with van der Waals surface area (Å²) >= 11 is 0. The number of aromatic nitrogens is 3. The van der Waals surface area contributed by atoms with E-state index < -0.39 is 9.84 Å². The molecule has 130 valence electrons. The summed E-state index contributed by atoms with van der Waals surface area (Å²) in [5, 5.41) is 5.83. The van der Waals surface area contributed by atoms with E-state index in [-0.39, 0.29) is 18.1 Å². The lowest BCUT2D eigenvalue weighted by Crippen LogP contribution is -2.09. The van der Waals surface area contributed by atoms with E-state index in [0.29, 0.717) is 16.4 Å². The van der Waals surface area contributed by atoms with Gasteiger partial charge in [0, 0.05) is 18.0 Å². The molecule has 0 saturated carbocycles. The zero-order valence-electron chi connectivity index (χ0n) is 13.7. The number of pyridine rings is 1. The van der Waals surface area contributed by atoms with Crippen molar-refractivity contribution in [2.45, 2.75) is 11.3 Å². The summed E-state index contributed by atoms with van der Waals surface area (Å²) in [5.41, 5.74) is 0.591. The van der Waals surface area contributed by atoms with Crippen molar-refractivity contribution < 1.29 is 12.9 Å². The van der Waals surface area contributed by atoms with Crippen LogP contribution in [0.2, 0.25) is 0 Å². The highest BCUT2D eigenvalue weighted by Gasteiger charge is 2.18. The average molecular weight is 365 g/mol. The SMILES string of the molecule is O=S(=O)(CCc1noc(-c2nccc3ccccc23)n1)c1ccccc1. The second-order valence-corrected chi connectivity index (χ2v) is 7.89. The Bertz CT molecular complexity index is 1150. The molecule has 0 aliphatic rings. The Morgan fingerprint density at radius 3 is 2.54 bits per heavy atom. The Morgan fingerprint density at radius 1 is 0.923 bits per heavy atom. The summed E-state index contributed by atoms with van der Waals surface area (Å²) in [6.07, 6.45) is 1.85. The maximum Gasteiger partial charge on any atom is 0.277 e. The monoisotopic (exact) mass is 365 g/mol. The summed E-state index contributed by atoms with van der Waals surface area (Å²) < 4.78 is 30.0. The predicted octanol–water partition coefficient (Wildman–Crippen LogP) is 3.30. The van der Waals surface area contributed by atoms with Crippen molar-refractivity contribution in [3.63, 3.8) is 0 Å². The molecule has 0 bridgehead atoms. The van der Waals surface area contributed by atoms with Crippen LogP contribution in [0.4, 0.5) is 0 Å². The molecule has 7 heteroatoms. The van der Waals surface area contributed by atoms with Crippen LogP contribution in [0.5, 0.6) is 0 Å². The van der Waals surface area contributed by atoms with E-state index in [1.165, 1.54) is 0 Å².